The van der Waals surface area contributed by atoms with Gasteiger partial charge in [0.25, 0.3) is 0 Å². The molecule has 1 aromatic carbocycles. The number of carbonyl (C=O) groups excluding carboxylic acids is 1. The Balaban J connectivity index is 1.47. The van der Waals surface area contributed by atoms with Crippen LogP contribution in [0.15, 0.2) is 24.3 Å². The van der Waals surface area contributed by atoms with Gasteiger partial charge in [-0.05, 0) is 38.3 Å². The molecule has 0 radical (unpaired) electrons. The molecule has 2 aliphatic rings. The number of fused-ring (bicyclic) bond motifs is 3. The van der Waals surface area contributed by atoms with Gasteiger partial charge in [-0.15, -0.1) is 0 Å². The summed E-state index contributed by atoms with van der Waals surface area (Å²) in [5.74, 6) is 0.0893. The van der Waals surface area contributed by atoms with Gasteiger partial charge in [0.05, 0.1) is 23.6 Å². The molecule has 2 aliphatic heterocycles. The van der Waals surface area contributed by atoms with Crippen molar-refractivity contribution in [2.75, 3.05) is 24.6 Å². The van der Waals surface area contributed by atoms with Gasteiger partial charge in [0.15, 0.2) is 9.84 Å². The van der Waals surface area contributed by atoms with Gasteiger partial charge in [-0.2, -0.15) is 0 Å². The molecule has 1 amide bonds. The Bertz CT molecular complexity index is 966. The fraction of sp³-hybridized carbons (Fsp3) is 0.526. The number of aromatic nitrogens is 1. The summed E-state index contributed by atoms with van der Waals surface area (Å²) in [7, 11) is -3.03. The van der Waals surface area contributed by atoms with Crippen LogP contribution < -0.4 is 5.32 Å². The molecule has 0 bridgehead atoms. The van der Waals surface area contributed by atoms with Crippen LogP contribution in [0.5, 0.6) is 0 Å². The van der Waals surface area contributed by atoms with E-state index in [-0.39, 0.29) is 30.0 Å². The molecule has 1 fully saturated rings. The molecule has 6 nitrogen and oxygen atoms in total. The number of H-pyrrole nitrogens is 1. The fourth-order valence-electron chi connectivity index (χ4n) is 4.36. The molecule has 0 spiro atoms. The quantitative estimate of drug-likeness (QED) is 0.857. The van der Waals surface area contributed by atoms with Crippen LogP contribution in [-0.2, 0) is 21.1 Å². The van der Waals surface area contributed by atoms with Gasteiger partial charge in [-0.3, -0.25) is 9.69 Å². The molecule has 1 saturated heterocycles. The summed E-state index contributed by atoms with van der Waals surface area (Å²) in [5, 5.41) is 4.23. The lowest BCUT2D eigenvalue weighted by molar-refractivity contribution is -0.124. The Labute approximate surface area is 153 Å². The van der Waals surface area contributed by atoms with Crippen LogP contribution in [0, 0.1) is 0 Å². The van der Waals surface area contributed by atoms with Crippen LogP contribution in [0.2, 0.25) is 0 Å². The molecule has 140 valence electrons. The van der Waals surface area contributed by atoms with Crippen LogP contribution in [-0.4, -0.2) is 54.3 Å². The van der Waals surface area contributed by atoms with Gasteiger partial charge in [-0.25, -0.2) is 8.42 Å². The minimum atomic E-state index is -3.03. The molecule has 0 unspecified atom stereocenters. The molecule has 26 heavy (non-hydrogen) atoms. The zero-order valence-corrected chi connectivity index (χ0v) is 16.0. The van der Waals surface area contributed by atoms with Crippen molar-refractivity contribution >= 4 is 26.6 Å². The van der Waals surface area contributed by atoms with Crippen molar-refractivity contribution in [3.05, 3.63) is 35.5 Å². The highest BCUT2D eigenvalue weighted by atomic mass is 32.2. The van der Waals surface area contributed by atoms with Crippen molar-refractivity contribution in [2.45, 2.75) is 38.3 Å². The summed E-state index contributed by atoms with van der Waals surface area (Å²) in [6, 6.07) is 8.42. The Morgan fingerprint density at radius 3 is 2.88 bits per heavy atom. The van der Waals surface area contributed by atoms with Crippen molar-refractivity contribution in [2.24, 2.45) is 0 Å². The maximum Gasteiger partial charge on any atom is 0.234 e. The number of carbonyl (C=O) groups is 1. The van der Waals surface area contributed by atoms with Gasteiger partial charge in [-0.1, -0.05) is 18.2 Å². The molecule has 3 heterocycles. The normalized spacial score (nSPS) is 28.2. The van der Waals surface area contributed by atoms with Crippen molar-refractivity contribution in [1.29, 1.82) is 0 Å². The van der Waals surface area contributed by atoms with Gasteiger partial charge in [0, 0.05) is 29.2 Å². The van der Waals surface area contributed by atoms with E-state index in [0.717, 1.165) is 18.5 Å². The molecule has 2 N–H and O–H groups in total. The van der Waals surface area contributed by atoms with Crippen molar-refractivity contribution in [3.63, 3.8) is 0 Å². The third kappa shape index (κ3) is 3.14. The maximum atomic E-state index is 12.6. The number of nitrogens with zero attached hydrogens (tertiary/aromatic N) is 1. The first-order valence-corrected chi connectivity index (χ1v) is 10.9. The summed E-state index contributed by atoms with van der Waals surface area (Å²) in [6.45, 7) is 5.04. The molecule has 1 aromatic heterocycles. The van der Waals surface area contributed by atoms with Crippen LogP contribution in [0.3, 0.4) is 0 Å². The molecule has 7 heteroatoms. The Morgan fingerprint density at radius 1 is 1.38 bits per heavy atom. The highest BCUT2D eigenvalue weighted by Crippen LogP contribution is 2.34. The van der Waals surface area contributed by atoms with E-state index in [0.29, 0.717) is 6.42 Å². The van der Waals surface area contributed by atoms with Gasteiger partial charge >= 0.3 is 0 Å². The summed E-state index contributed by atoms with van der Waals surface area (Å²) in [4.78, 5) is 18.2. The Hall–Kier alpha value is -1.86. The maximum absolute atomic E-state index is 12.6. The minimum absolute atomic E-state index is 0.0352. The summed E-state index contributed by atoms with van der Waals surface area (Å²) in [5.41, 5.74) is 3.03. The van der Waals surface area contributed by atoms with Gasteiger partial charge < -0.3 is 10.3 Å². The van der Waals surface area contributed by atoms with E-state index < -0.39 is 15.4 Å². The number of rotatable bonds is 3. The highest BCUT2D eigenvalue weighted by molar-refractivity contribution is 7.91. The third-order valence-corrected chi connectivity index (χ3v) is 7.66. The molecule has 0 aliphatic carbocycles. The molecule has 0 saturated carbocycles. The highest BCUT2D eigenvalue weighted by Gasteiger charge is 2.40. The van der Waals surface area contributed by atoms with Crippen molar-refractivity contribution < 1.29 is 13.2 Å². The average Bonchev–Trinajstić information content (AvgIpc) is 3.07. The fourth-order valence-corrected chi connectivity index (χ4v) is 6.46. The van der Waals surface area contributed by atoms with E-state index in [9.17, 15) is 13.2 Å². The predicted molar refractivity (Wildman–Crippen MR) is 102 cm³/mol. The summed E-state index contributed by atoms with van der Waals surface area (Å²) < 4.78 is 23.5. The van der Waals surface area contributed by atoms with Crippen molar-refractivity contribution in [3.8, 4) is 0 Å². The monoisotopic (exact) mass is 375 g/mol. The van der Waals surface area contributed by atoms with Crippen LogP contribution in [0.4, 0.5) is 0 Å². The average molecular weight is 375 g/mol. The number of amides is 1. The van der Waals surface area contributed by atoms with Crippen molar-refractivity contribution in [1.82, 2.24) is 15.2 Å². The number of hydrogen-bond acceptors (Lipinski definition) is 4. The van der Waals surface area contributed by atoms with E-state index in [2.05, 4.69) is 40.3 Å². The zero-order chi connectivity index (χ0) is 18.5. The minimum Gasteiger partial charge on any atom is -0.357 e. The van der Waals surface area contributed by atoms with E-state index in [4.69, 9.17) is 0 Å². The number of sulfone groups is 1. The number of hydrogen-bond donors (Lipinski definition) is 2. The molecule has 2 aromatic rings. The second kappa shape index (κ2) is 6.09. The van der Waals surface area contributed by atoms with Gasteiger partial charge in [0.1, 0.15) is 0 Å². The van der Waals surface area contributed by atoms with Crippen LogP contribution in [0.1, 0.15) is 37.6 Å². The molecular formula is C19H25N3O3S. The van der Waals surface area contributed by atoms with E-state index in [1.807, 2.05) is 13.0 Å². The standard InChI is InChI=1S/C19H25N3O3S/c1-13-18-15(14-5-3-4-6-16(14)20-18)7-9-22(13)11-17(23)21-19(2)8-10-26(24,25)12-19/h3-6,13,20H,7-12H2,1-2H3,(H,21,23)/t13-,19+/m0/s1. The lowest BCUT2D eigenvalue weighted by Gasteiger charge is -2.34. The van der Waals surface area contributed by atoms with Crippen LogP contribution >= 0.6 is 0 Å². The second-order valence-corrected chi connectivity index (χ2v) is 10.1. The van der Waals surface area contributed by atoms with Crippen LogP contribution in [0.25, 0.3) is 10.9 Å². The van der Waals surface area contributed by atoms with E-state index >= 15 is 0 Å². The van der Waals surface area contributed by atoms with E-state index in [1.165, 1.54) is 16.6 Å². The second-order valence-electron chi connectivity index (χ2n) is 7.91. The van der Waals surface area contributed by atoms with Gasteiger partial charge in [0.2, 0.25) is 5.91 Å². The third-order valence-electron chi connectivity index (χ3n) is 5.75. The molecule has 4 rings (SSSR count). The first-order valence-electron chi connectivity index (χ1n) is 9.11. The number of para-hydroxylation sites is 1. The number of benzene rings is 1. The number of nitrogens with one attached hydrogen (secondary N) is 2. The largest absolute Gasteiger partial charge is 0.357 e. The SMILES string of the molecule is C[C@H]1c2[nH]c3ccccc3c2CCN1CC(=O)N[C@]1(C)CCS(=O)(=O)C1. The Kier molecular flexibility index (Phi) is 4.11. The first-order chi connectivity index (χ1) is 12.3. The zero-order valence-electron chi connectivity index (χ0n) is 15.2. The predicted octanol–water partition coefficient (Wildman–Crippen LogP) is 1.78. The topological polar surface area (TPSA) is 82.3 Å². The Morgan fingerprint density at radius 2 is 2.15 bits per heavy atom. The first kappa shape index (κ1) is 17.5. The molecule has 2 atom stereocenters. The summed E-state index contributed by atoms with van der Waals surface area (Å²) >= 11 is 0. The lowest BCUT2D eigenvalue weighted by atomic mass is 9.98. The number of aromatic amines is 1. The lowest BCUT2D eigenvalue weighted by Crippen LogP contribution is -2.51. The molecular weight excluding hydrogens is 350 g/mol. The smallest absolute Gasteiger partial charge is 0.234 e. The summed E-state index contributed by atoms with van der Waals surface area (Å²) in [6.07, 6.45) is 1.39. The van der Waals surface area contributed by atoms with E-state index in [1.54, 1.807) is 0 Å².